The number of carbonyl (C=O) groups excluding carboxylic acids is 1. The average Bonchev–Trinajstić information content (AvgIpc) is 3.01. The summed E-state index contributed by atoms with van der Waals surface area (Å²) in [7, 11) is 1.63. The van der Waals surface area contributed by atoms with E-state index in [-0.39, 0.29) is 11.3 Å². The van der Waals surface area contributed by atoms with Gasteiger partial charge in [0.25, 0.3) is 5.56 Å². The van der Waals surface area contributed by atoms with Gasteiger partial charge in [0.2, 0.25) is 0 Å². The molecule has 0 amide bonds. The Morgan fingerprint density at radius 2 is 1.74 bits per heavy atom. The highest BCUT2D eigenvalue weighted by Gasteiger charge is 2.30. The highest BCUT2D eigenvalue weighted by Crippen LogP contribution is 2.37. The van der Waals surface area contributed by atoms with Crippen LogP contribution in [-0.4, -0.2) is 34.0 Å². The van der Waals surface area contributed by atoms with Crippen LogP contribution in [0.4, 0.5) is 11.6 Å². The Labute approximate surface area is 252 Å². The van der Waals surface area contributed by atoms with E-state index in [1.165, 1.54) is 6.33 Å². The number of ether oxygens (including phenoxy) is 1. The molecule has 1 aliphatic heterocycles. The lowest BCUT2D eigenvalue weighted by Gasteiger charge is -2.31. The molecule has 0 unspecified atom stereocenters. The molecule has 1 N–H and O–H groups in total. The van der Waals surface area contributed by atoms with Crippen molar-refractivity contribution in [1.29, 1.82) is 0 Å². The van der Waals surface area contributed by atoms with Gasteiger partial charge < -0.3 is 15.0 Å². The van der Waals surface area contributed by atoms with Gasteiger partial charge in [-0.1, -0.05) is 65.7 Å². The third-order valence-electron chi connectivity index (χ3n) is 7.46. The number of nitrogens with zero attached hydrogens (tertiary/aromatic N) is 4. The van der Waals surface area contributed by atoms with Crippen molar-refractivity contribution in [3.8, 4) is 11.4 Å². The van der Waals surface area contributed by atoms with Crippen LogP contribution in [0.2, 0.25) is 10.0 Å². The van der Waals surface area contributed by atoms with Crippen LogP contribution < -0.4 is 20.5 Å². The molecule has 5 aromatic rings. The second-order valence-electron chi connectivity index (χ2n) is 10.1. The third kappa shape index (κ3) is 4.97. The van der Waals surface area contributed by atoms with E-state index in [0.29, 0.717) is 68.9 Å². The summed E-state index contributed by atoms with van der Waals surface area (Å²) in [5.41, 5.74) is 2.35. The average molecular weight is 601 g/mol. The number of rotatable bonds is 7. The molecule has 0 fully saturated rings. The summed E-state index contributed by atoms with van der Waals surface area (Å²) < 4.78 is 6.85. The highest BCUT2D eigenvalue weighted by molar-refractivity contribution is 6.40. The zero-order valence-corrected chi connectivity index (χ0v) is 24.5. The van der Waals surface area contributed by atoms with Crippen molar-refractivity contribution in [3.63, 3.8) is 0 Å². The molecule has 10 heteroatoms. The van der Waals surface area contributed by atoms with Gasteiger partial charge in [-0.05, 0) is 42.8 Å². The van der Waals surface area contributed by atoms with Crippen molar-refractivity contribution in [2.45, 2.75) is 25.9 Å². The molecule has 1 aliphatic rings. The molecule has 0 saturated heterocycles. The smallest absolute Gasteiger partial charge is 0.264 e. The van der Waals surface area contributed by atoms with Crippen molar-refractivity contribution in [2.24, 2.45) is 0 Å². The first-order valence-corrected chi connectivity index (χ1v) is 14.2. The quantitative estimate of drug-likeness (QED) is 0.218. The Morgan fingerprint density at radius 1 is 0.976 bits per heavy atom. The Balaban J connectivity index is 1.42. The van der Waals surface area contributed by atoms with E-state index in [1.54, 1.807) is 29.9 Å². The molecule has 6 rings (SSSR count). The zero-order chi connectivity index (χ0) is 29.4. The number of benzene rings is 3. The molecule has 8 nitrogen and oxygen atoms in total. The molecule has 42 heavy (non-hydrogen) atoms. The van der Waals surface area contributed by atoms with Crippen LogP contribution in [0.5, 0.6) is 5.75 Å². The van der Waals surface area contributed by atoms with Gasteiger partial charge in [0.1, 0.15) is 29.3 Å². The Hall–Kier alpha value is -4.40. The number of methoxy groups -OCH3 is 1. The van der Waals surface area contributed by atoms with Gasteiger partial charge in [-0.25, -0.2) is 9.97 Å². The van der Waals surface area contributed by atoms with Crippen LogP contribution in [-0.2, 0) is 6.54 Å². The maximum atomic E-state index is 13.9. The van der Waals surface area contributed by atoms with Crippen LogP contribution in [0.3, 0.4) is 0 Å². The number of ketones is 1. The summed E-state index contributed by atoms with van der Waals surface area (Å²) in [4.78, 5) is 38.2. The number of anilines is 2. The number of carbonyl (C=O) groups is 1. The fourth-order valence-electron chi connectivity index (χ4n) is 5.43. The van der Waals surface area contributed by atoms with E-state index in [9.17, 15) is 9.59 Å². The first-order valence-electron chi connectivity index (χ1n) is 13.5. The lowest BCUT2D eigenvalue weighted by molar-refractivity contribution is 0.0979. The Bertz CT molecular complexity index is 1860. The van der Waals surface area contributed by atoms with Gasteiger partial charge in [-0.15, -0.1) is 0 Å². The topological polar surface area (TPSA) is 89.4 Å². The summed E-state index contributed by atoms with van der Waals surface area (Å²) >= 11 is 13.5. The number of pyridine rings is 1. The molecular formula is C32H27Cl2N5O3. The maximum absolute atomic E-state index is 13.9. The summed E-state index contributed by atoms with van der Waals surface area (Å²) in [5, 5.41) is 4.98. The lowest BCUT2D eigenvalue weighted by Crippen LogP contribution is -2.34. The third-order valence-corrected chi connectivity index (χ3v) is 8.17. The van der Waals surface area contributed by atoms with Gasteiger partial charge in [-0.2, -0.15) is 0 Å². The molecule has 2 aromatic heterocycles. The number of nitrogens with one attached hydrogen (secondary N) is 1. The van der Waals surface area contributed by atoms with Gasteiger partial charge in [0.15, 0.2) is 5.78 Å². The minimum atomic E-state index is -0.530. The molecule has 0 saturated carbocycles. The fraction of sp³-hybridized carbons (Fsp3) is 0.188. The second-order valence-corrected chi connectivity index (χ2v) is 10.9. The molecule has 0 bridgehead atoms. The number of aromatic nitrogens is 3. The van der Waals surface area contributed by atoms with Crippen LogP contribution >= 0.6 is 23.2 Å². The van der Waals surface area contributed by atoms with E-state index >= 15 is 0 Å². The molecule has 0 spiro atoms. The number of hydrogen-bond donors (Lipinski definition) is 1. The molecule has 0 radical (unpaired) electrons. The van der Waals surface area contributed by atoms with Crippen LogP contribution in [0.25, 0.3) is 16.5 Å². The predicted molar refractivity (Wildman–Crippen MR) is 167 cm³/mol. The zero-order valence-electron chi connectivity index (χ0n) is 23.0. The predicted octanol–water partition coefficient (Wildman–Crippen LogP) is 6.86. The largest absolute Gasteiger partial charge is 0.497 e. The first kappa shape index (κ1) is 27.8. The number of Topliss-reactive ketones (excluding diaryl/α,β-unsaturated/α-hetero) is 1. The van der Waals surface area contributed by atoms with Crippen molar-refractivity contribution in [1.82, 2.24) is 14.5 Å². The minimum Gasteiger partial charge on any atom is -0.497 e. The Kier molecular flexibility index (Phi) is 7.58. The first-order chi connectivity index (χ1) is 20.4. The summed E-state index contributed by atoms with van der Waals surface area (Å²) in [6.45, 7) is 2.99. The van der Waals surface area contributed by atoms with Crippen molar-refractivity contribution >= 4 is 51.4 Å². The van der Waals surface area contributed by atoms with E-state index in [4.69, 9.17) is 27.9 Å². The fourth-order valence-corrected chi connectivity index (χ4v) is 6.09. The second kappa shape index (κ2) is 11.5. The maximum Gasteiger partial charge on any atom is 0.264 e. The van der Waals surface area contributed by atoms with E-state index in [0.717, 1.165) is 11.3 Å². The van der Waals surface area contributed by atoms with Crippen molar-refractivity contribution in [2.75, 3.05) is 23.9 Å². The molecule has 3 heterocycles. The van der Waals surface area contributed by atoms with Crippen LogP contribution in [0.1, 0.15) is 41.0 Å². The van der Waals surface area contributed by atoms with Gasteiger partial charge in [0, 0.05) is 30.6 Å². The van der Waals surface area contributed by atoms with Crippen LogP contribution in [0.15, 0.2) is 83.9 Å². The Morgan fingerprint density at radius 3 is 2.48 bits per heavy atom. The van der Waals surface area contributed by atoms with Crippen LogP contribution in [0, 0.1) is 0 Å². The lowest BCUT2D eigenvalue weighted by atomic mass is 10.0. The standard InChI is InChI=1S/C32H27Cl2N5O3/c1-19(29-28(34)23-9-6-10-24(33)26(23)32(41)39(29)21-7-4-3-5-8-21)37-30-27-25(40)15-16-38(31(27)36-18-35-30)17-20-11-13-22(42-2)14-12-20/h3-14,18-19H,15-17H2,1-2H3,(H,35,36,37)/t19-/m0/s1. The number of fused-ring (bicyclic) bond motifs is 2. The summed E-state index contributed by atoms with van der Waals surface area (Å²) in [6, 6.07) is 21.8. The van der Waals surface area contributed by atoms with Crippen molar-refractivity contribution < 1.29 is 9.53 Å². The number of para-hydroxylation sites is 1. The SMILES string of the molecule is COc1ccc(CN2CCC(=O)c3c(N[C@@H](C)c4c(Cl)c5cccc(Cl)c5c(=O)n4-c4ccccc4)ncnc32)cc1. The van der Waals surface area contributed by atoms with Gasteiger partial charge in [0.05, 0.1) is 34.3 Å². The molecule has 0 aliphatic carbocycles. The molecule has 1 atom stereocenters. The van der Waals surface area contributed by atoms with E-state index in [2.05, 4.69) is 20.2 Å². The number of hydrogen-bond acceptors (Lipinski definition) is 7. The monoisotopic (exact) mass is 599 g/mol. The normalized spacial score (nSPS) is 13.6. The summed E-state index contributed by atoms with van der Waals surface area (Å²) in [5.74, 6) is 1.66. The molecule has 212 valence electrons. The van der Waals surface area contributed by atoms with Gasteiger partial charge in [-0.3, -0.25) is 14.2 Å². The molecule has 3 aromatic carbocycles. The molecular weight excluding hydrogens is 573 g/mol. The minimum absolute atomic E-state index is 0.0527. The van der Waals surface area contributed by atoms with E-state index < -0.39 is 6.04 Å². The van der Waals surface area contributed by atoms with E-state index in [1.807, 2.05) is 61.5 Å². The number of halogens is 2. The summed E-state index contributed by atoms with van der Waals surface area (Å²) in [6.07, 6.45) is 1.77. The van der Waals surface area contributed by atoms with Gasteiger partial charge >= 0.3 is 0 Å². The highest BCUT2D eigenvalue weighted by atomic mass is 35.5. The van der Waals surface area contributed by atoms with Crippen molar-refractivity contribution in [3.05, 3.63) is 116 Å².